The van der Waals surface area contributed by atoms with Crippen LogP contribution in [0.2, 0.25) is 0 Å². The molecule has 0 N–H and O–H groups in total. The average molecular weight is 388 g/mol. The zero-order chi connectivity index (χ0) is 20.0. The lowest BCUT2D eigenvalue weighted by atomic mass is 10.2. The first-order chi connectivity index (χ1) is 14.1. The van der Waals surface area contributed by atoms with E-state index in [4.69, 9.17) is 0 Å². The lowest BCUT2D eigenvalue weighted by molar-refractivity contribution is 0.145. The molecule has 5 rings (SSSR count). The van der Waals surface area contributed by atoms with Crippen molar-refractivity contribution in [3.8, 4) is 5.69 Å². The van der Waals surface area contributed by atoms with E-state index in [1.165, 1.54) is 0 Å². The van der Waals surface area contributed by atoms with Crippen LogP contribution < -0.4 is 5.56 Å². The summed E-state index contributed by atoms with van der Waals surface area (Å²) in [5.74, 6) is 1.43. The van der Waals surface area contributed by atoms with E-state index in [1.807, 2.05) is 59.9 Å². The number of aryl methyl sites for hydroxylation is 1. The molecule has 7 nitrogen and oxygen atoms in total. The predicted molar refractivity (Wildman–Crippen MR) is 114 cm³/mol. The van der Waals surface area contributed by atoms with Crippen molar-refractivity contribution >= 4 is 16.7 Å². The van der Waals surface area contributed by atoms with Crippen LogP contribution in [0.4, 0.5) is 0 Å². The number of nitrogens with zero attached hydrogens (tertiary/aromatic N) is 6. The Bertz CT molecular complexity index is 1250. The van der Waals surface area contributed by atoms with E-state index < -0.39 is 0 Å². The topological polar surface area (TPSA) is 58.7 Å². The van der Waals surface area contributed by atoms with Gasteiger partial charge in [0.25, 0.3) is 5.56 Å². The normalized spacial score (nSPS) is 16.1. The number of hydrogen-bond acceptors (Lipinski definition) is 5. The molecule has 4 aromatic rings. The Hall–Kier alpha value is -3.03. The number of aromatic nitrogens is 4. The van der Waals surface area contributed by atoms with Gasteiger partial charge in [0.15, 0.2) is 5.82 Å². The van der Waals surface area contributed by atoms with Crippen LogP contribution in [0.5, 0.6) is 0 Å². The lowest BCUT2D eigenvalue weighted by Gasteiger charge is -2.31. The SMILES string of the molecule is Cc1ccccc1-n1c(=O)c2ccccc2n2c(CN3CCN(C)CC3)nnc12. The maximum absolute atomic E-state index is 13.4. The van der Waals surface area contributed by atoms with Gasteiger partial charge in [-0.15, -0.1) is 10.2 Å². The Balaban J connectivity index is 1.74. The summed E-state index contributed by atoms with van der Waals surface area (Å²) in [7, 11) is 2.15. The summed E-state index contributed by atoms with van der Waals surface area (Å²) < 4.78 is 3.74. The maximum Gasteiger partial charge on any atom is 0.267 e. The third kappa shape index (κ3) is 3.03. The molecule has 1 aliphatic heterocycles. The van der Waals surface area contributed by atoms with Crippen molar-refractivity contribution in [1.82, 2.24) is 29.0 Å². The van der Waals surface area contributed by atoms with Crippen molar-refractivity contribution in [2.45, 2.75) is 13.5 Å². The van der Waals surface area contributed by atoms with Gasteiger partial charge in [0.05, 0.1) is 23.1 Å². The summed E-state index contributed by atoms with van der Waals surface area (Å²) in [5.41, 5.74) is 2.65. The summed E-state index contributed by atoms with van der Waals surface area (Å²) in [6, 6.07) is 15.6. The van der Waals surface area contributed by atoms with Crippen LogP contribution in [-0.2, 0) is 6.54 Å². The summed E-state index contributed by atoms with van der Waals surface area (Å²) in [6.07, 6.45) is 0. The maximum atomic E-state index is 13.4. The van der Waals surface area contributed by atoms with Crippen LogP contribution in [0.15, 0.2) is 53.3 Å². The molecular formula is C22H24N6O. The fourth-order valence-electron chi connectivity index (χ4n) is 4.10. The first-order valence-electron chi connectivity index (χ1n) is 9.98. The van der Waals surface area contributed by atoms with E-state index >= 15 is 0 Å². The van der Waals surface area contributed by atoms with Crippen LogP contribution in [0.3, 0.4) is 0 Å². The van der Waals surface area contributed by atoms with Crippen LogP contribution in [0, 0.1) is 6.92 Å². The highest BCUT2D eigenvalue weighted by molar-refractivity contribution is 5.81. The molecule has 0 atom stereocenters. The molecule has 0 saturated carbocycles. The molecule has 148 valence electrons. The van der Waals surface area contributed by atoms with Crippen molar-refractivity contribution in [3.05, 3.63) is 70.3 Å². The highest BCUT2D eigenvalue weighted by Crippen LogP contribution is 2.20. The first-order valence-corrected chi connectivity index (χ1v) is 9.98. The zero-order valence-electron chi connectivity index (χ0n) is 16.7. The molecule has 1 saturated heterocycles. The second kappa shape index (κ2) is 7.09. The van der Waals surface area contributed by atoms with Crippen LogP contribution in [0.1, 0.15) is 11.4 Å². The number of fused-ring (bicyclic) bond motifs is 3. The molecule has 0 unspecified atom stereocenters. The molecule has 29 heavy (non-hydrogen) atoms. The van der Waals surface area contributed by atoms with Gasteiger partial charge >= 0.3 is 0 Å². The smallest absolute Gasteiger partial charge is 0.267 e. The number of likely N-dealkylation sites (N-methyl/N-ethyl adjacent to an activating group) is 1. The second-order valence-electron chi connectivity index (χ2n) is 7.78. The standard InChI is InChI=1S/C22H24N6O/c1-16-7-3-5-9-18(16)28-21(29)17-8-4-6-10-19(17)27-20(23-24-22(27)28)15-26-13-11-25(2)12-14-26/h3-10H,11-15H2,1-2H3. The fraction of sp³-hybridized carbons (Fsp3) is 0.318. The van der Waals surface area contributed by atoms with E-state index in [2.05, 4.69) is 27.0 Å². The number of piperazine rings is 1. The number of para-hydroxylation sites is 2. The van der Waals surface area contributed by atoms with Gasteiger partial charge in [0, 0.05) is 26.2 Å². The summed E-state index contributed by atoms with van der Waals surface area (Å²) in [4.78, 5) is 18.1. The minimum Gasteiger partial charge on any atom is -0.304 e. The van der Waals surface area contributed by atoms with E-state index in [1.54, 1.807) is 4.57 Å². The molecule has 0 amide bonds. The highest BCUT2D eigenvalue weighted by atomic mass is 16.1. The van der Waals surface area contributed by atoms with Crippen molar-refractivity contribution < 1.29 is 0 Å². The van der Waals surface area contributed by atoms with Crippen molar-refractivity contribution in [2.24, 2.45) is 0 Å². The van der Waals surface area contributed by atoms with Gasteiger partial charge in [-0.05, 0) is 37.7 Å². The van der Waals surface area contributed by atoms with Crippen LogP contribution >= 0.6 is 0 Å². The van der Waals surface area contributed by atoms with Gasteiger partial charge in [-0.3, -0.25) is 14.1 Å². The second-order valence-corrected chi connectivity index (χ2v) is 7.78. The first kappa shape index (κ1) is 18.0. The Morgan fingerprint density at radius 2 is 1.66 bits per heavy atom. The minimum absolute atomic E-state index is 0.0686. The van der Waals surface area contributed by atoms with Gasteiger partial charge in [0.1, 0.15) is 0 Å². The van der Waals surface area contributed by atoms with E-state index in [9.17, 15) is 4.79 Å². The van der Waals surface area contributed by atoms with Gasteiger partial charge in [-0.25, -0.2) is 4.57 Å². The summed E-state index contributed by atoms with van der Waals surface area (Å²) >= 11 is 0. The third-order valence-electron chi connectivity index (χ3n) is 5.81. The summed E-state index contributed by atoms with van der Waals surface area (Å²) in [6.45, 7) is 6.82. The summed E-state index contributed by atoms with van der Waals surface area (Å²) in [5, 5.41) is 9.65. The zero-order valence-corrected chi connectivity index (χ0v) is 16.7. The Morgan fingerprint density at radius 3 is 2.45 bits per heavy atom. The molecular weight excluding hydrogens is 364 g/mol. The quantitative estimate of drug-likeness (QED) is 0.538. The molecule has 2 aromatic heterocycles. The van der Waals surface area contributed by atoms with Gasteiger partial charge in [-0.1, -0.05) is 30.3 Å². The molecule has 3 heterocycles. The third-order valence-corrected chi connectivity index (χ3v) is 5.81. The minimum atomic E-state index is -0.0686. The number of hydrogen-bond donors (Lipinski definition) is 0. The largest absolute Gasteiger partial charge is 0.304 e. The highest BCUT2D eigenvalue weighted by Gasteiger charge is 2.21. The number of benzene rings is 2. The van der Waals surface area contributed by atoms with Crippen molar-refractivity contribution in [1.29, 1.82) is 0 Å². The fourth-order valence-corrected chi connectivity index (χ4v) is 4.10. The van der Waals surface area contributed by atoms with Gasteiger partial charge in [0.2, 0.25) is 5.78 Å². The van der Waals surface area contributed by atoms with Gasteiger partial charge < -0.3 is 4.90 Å². The Kier molecular flexibility index (Phi) is 4.41. The van der Waals surface area contributed by atoms with Gasteiger partial charge in [-0.2, -0.15) is 0 Å². The van der Waals surface area contributed by atoms with Crippen LogP contribution in [-0.4, -0.2) is 62.2 Å². The van der Waals surface area contributed by atoms with Crippen molar-refractivity contribution in [2.75, 3.05) is 33.2 Å². The molecule has 0 aliphatic carbocycles. The van der Waals surface area contributed by atoms with Crippen molar-refractivity contribution in [3.63, 3.8) is 0 Å². The molecule has 7 heteroatoms. The lowest BCUT2D eigenvalue weighted by Crippen LogP contribution is -2.44. The van der Waals surface area contributed by atoms with Crippen LogP contribution in [0.25, 0.3) is 22.4 Å². The molecule has 1 fully saturated rings. The Labute approximate surface area is 168 Å². The molecule has 0 bridgehead atoms. The Morgan fingerprint density at radius 1 is 0.931 bits per heavy atom. The number of rotatable bonds is 3. The molecule has 0 spiro atoms. The molecule has 1 aliphatic rings. The van der Waals surface area contributed by atoms with E-state index in [0.717, 1.165) is 48.8 Å². The molecule has 0 radical (unpaired) electrons. The van der Waals surface area contributed by atoms with E-state index in [-0.39, 0.29) is 5.56 Å². The van der Waals surface area contributed by atoms with E-state index in [0.29, 0.717) is 17.7 Å². The monoisotopic (exact) mass is 388 g/mol. The predicted octanol–water partition coefficient (Wildman–Crippen LogP) is 2.09. The molecule has 2 aromatic carbocycles. The average Bonchev–Trinajstić information content (AvgIpc) is 3.14.